The van der Waals surface area contributed by atoms with E-state index < -0.39 is 0 Å². The normalized spacial score (nSPS) is 13.9. The molecule has 0 aromatic heterocycles. The molecule has 5 heteroatoms. The summed E-state index contributed by atoms with van der Waals surface area (Å²) in [4.78, 5) is 29.6. The van der Waals surface area contributed by atoms with Crippen molar-refractivity contribution in [2.45, 2.75) is 18.7 Å². The molecule has 0 unspecified atom stereocenters. The fourth-order valence-electron chi connectivity index (χ4n) is 3.50. The Morgan fingerprint density at radius 3 is 2.17 bits per heavy atom. The average Bonchev–Trinajstić information content (AvgIpc) is 2.99. The lowest BCUT2D eigenvalue weighted by Crippen LogP contribution is -2.31. The van der Waals surface area contributed by atoms with E-state index in [4.69, 9.17) is 4.74 Å². The van der Waals surface area contributed by atoms with E-state index in [1.165, 1.54) is 16.7 Å². The molecule has 0 N–H and O–H groups in total. The number of methoxy groups -OCH3 is 1. The maximum Gasteiger partial charge on any atom is 0.272 e. The van der Waals surface area contributed by atoms with Gasteiger partial charge in [0.1, 0.15) is 5.75 Å². The zero-order valence-electron chi connectivity index (χ0n) is 17.0. The van der Waals surface area contributed by atoms with E-state index in [-0.39, 0.29) is 11.8 Å². The number of thioether (sulfide) groups is 1. The topological polar surface area (TPSA) is 46.6 Å². The molecule has 2 amide bonds. The lowest BCUT2D eigenvalue weighted by Gasteiger charge is -2.18. The highest BCUT2D eigenvalue weighted by Gasteiger charge is 2.41. The van der Waals surface area contributed by atoms with E-state index in [9.17, 15) is 9.59 Å². The molecule has 30 heavy (non-hydrogen) atoms. The Bertz CT molecular complexity index is 1150. The smallest absolute Gasteiger partial charge is 0.272 e. The van der Waals surface area contributed by atoms with Gasteiger partial charge in [-0.3, -0.25) is 9.59 Å². The summed E-state index contributed by atoms with van der Waals surface area (Å²) in [6, 6.07) is 22.6. The van der Waals surface area contributed by atoms with Gasteiger partial charge in [-0.25, -0.2) is 4.90 Å². The Morgan fingerprint density at radius 2 is 1.53 bits per heavy atom. The Morgan fingerprint density at radius 1 is 0.833 bits per heavy atom. The first-order valence-corrected chi connectivity index (χ1v) is 10.4. The molecule has 0 saturated carbocycles. The van der Waals surface area contributed by atoms with Crippen molar-refractivity contribution in [2.24, 2.45) is 0 Å². The number of nitrogens with zero attached hydrogens (tertiary/aromatic N) is 1. The van der Waals surface area contributed by atoms with Crippen molar-refractivity contribution in [1.82, 2.24) is 0 Å². The summed E-state index contributed by atoms with van der Waals surface area (Å²) in [5, 5.41) is 0. The van der Waals surface area contributed by atoms with Gasteiger partial charge in [0.15, 0.2) is 0 Å². The Balaban J connectivity index is 1.83. The highest BCUT2D eigenvalue weighted by atomic mass is 32.2. The third kappa shape index (κ3) is 3.64. The molecular formula is C25H21NO3S. The molecule has 0 saturated heterocycles. The molecular weight excluding hydrogens is 394 g/mol. The molecule has 0 fully saturated rings. The van der Waals surface area contributed by atoms with Crippen LogP contribution in [0.1, 0.15) is 16.7 Å². The summed E-state index contributed by atoms with van der Waals surface area (Å²) in [5.74, 6) is 0.0850. The van der Waals surface area contributed by atoms with E-state index in [0.29, 0.717) is 27.5 Å². The van der Waals surface area contributed by atoms with Gasteiger partial charge in [-0.05, 0) is 55.3 Å². The van der Waals surface area contributed by atoms with Gasteiger partial charge in [0.25, 0.3) is 11.8 Å². The maximum atomic E-state index is 13.5. The van der Waals surface area contributed by atoms with Gasteiger partial charge < -0.3 is 4.74 Å². The van der Waals surface area contributed by atoms with Crippen molar-refractivity contribution in [2.75, 3.05) is 12.0 Å². The molecule has 0 aliphatic carbocycles. The molecule has 1 heterocycles. The van der Waals surface area contributed by atoms with Crippen LogP contribution in [-0.4, -0.2) is 18.9 Å². The molecule has 4 rings (SSSR count). The number of imide groups is 1. The SMILES string of the molecule is COc1ccc(C2=C(Sc3ccccc3)C(=O)N(c3ccc(C)cc3C)C2=O)cc1. The number of anilines is 1. The van der Waals surface area contributed by atoms with Gasteiger partial charge in [-0.1, -0.05) is 59.8 Å². The minimum absolute atomic E-state index is 0.299. The molecule has 150 valence electrons. The number of benzene rings is 3. The zero-order valence-corrected chi connectivity index (χ0v) is 17.8. The molecule has 3 aromatic rings. The zero-order chi connectivity index (χ0) is 21.3. The summed E-state index contributed by atoms with van der Waals surface area (Å²) >= 11 is 1.32. The van der Waals surface area contributed by atoms with Crippen molar-refractivity contribution in [1.29, 1.82) is 0 Å². The molecule has 1 aliphatic rings. The van der Waals surface area contributed by atoms with Crippen molar-refractivity contribution in [3.8, 4) is 5.75 Å². The maximum absolute atomic E-state index is 13.5. The van der Waals surface area contributed by atoms with Crippen LogP contribution in [0.5, 0.6) is 5.75 Å². The van der Waals surface area contributed by atoms with Crippen LogP contribution in [0.15, 0.2) is 82.6 Å². The molecule has 0 radical (unpaired) electrons. The minimum Gasteiger partial charge on any atom is -0.497 e. The standard InChI is InChI=1S/C25H21NO3S/c1-16-9-14-21(17(2)15-16)26-24(27)22(18-10-12-19(29-3)13-11-18)23(25(26)28)30-20-7-5-4-6-8-20/h4-15H,1-3H3. The second-order valence-electron chi connectivity index (χ2n) is 7.08. The molecule has 0 atom stereocenters. The highest BCUT2D eigenvalue weighted by molar-refractivity contribution is 8.04. The van der Waals surface area contributed by atoms with Crippen molar-refractivity contribution < 1.29 is 14.3 Å². The van der Waals surface area contributed by atoms with Crippen molar-refractivity contribution >= 4 is 34.8 Å². The summed E-state index contributed by atoms with van der Waals surface area (Å²) in [5.41, 5.74) is 3.69. The summed E-state index contributed by atoms with van der Waals surface area (Å²) < 4.78 is 5.24. The highest BCUT2D eigenvalue weighted by Crippen LogP contribution is 2.42. The van der Waals surface area contributed by atoms with Crippen molar-refractivity contribution in [3.05, 3.63) is 94.4 Å². The number of aryl methyl sites for hydroxylation is 2. The number of amides is 2. The van der Waals surface area contributed by atoms with Crippen LogP contribution in [0.2, 0.25) is 0 Å². The first kappa shape index (κ1) is 20.0. The minimum atomic E-state index is -0.310. The van der Waals surface area contributed by atoms with Gasteiger partial charge in [0, 0.05) is 4.90 Å². The first-order chi connectivity index (χ1) is 14.5. The lowest BCUT2D eigenvalue weighted by atomic mass is 10.1. The quantitative estimate of drug-likeness (QED) is 0.524. The predicted octanol–water partition coefficient (Wildman–Crippen LogP) is 5.39. The van der Waals surface area contributed by atoms with E-state index in [0.717, 1.165) is 16.0 Å². The van der Waals surface area contributed by atoms with E-state index in [1.807, 2.05) is 74.5 Å². The number of carbonyl (C=O) groups excluding carboxylic acids is 2. The van der Waals surface area contributed by atoms with Gasteiger partial charge in [-0.2, -0.15) is 0 Å². The number of ether oxygens (including phenoxy) is 1. The van der Waals surface area contributed by atoms with E-state index in [1.54, 1.807) is 19.2 Å². The van der Waals surface area contributed by atoms with Gasteiger partial charge >= 0.3 is 0 Å². The number of hydrogen-bond acceptors (Lipinski definition) is 4. The van der Waals surface area contributed by atoms with Crippen LogP contribution in [-0.2, 0) is 9.59 Å². The average molecular weight is 416 g/mol. The van der Waals surface area contributed by atoms with Gasteiger partial charge in [0.05, 0.1) is 23.3 Å². The fraction of sp³-hybridized carbons (Fsp3) is 0.120. The van der Waals surface area contributed by atoms with Gasteiger partial charge in [-0.15, -0.1) is 0 Å². The number of rotatable bonds is 5. The third-order valence-electron chi connectivity index (χ3n) is 4.98. The summed E-state index contributed by atoms with van der Waals surface area (Å²) in [7, 11) is 1.59. The second kappa shape index (κ2) is 8.20. The van der Waals surface area contributed by atoms with Crippen LogP contribution in [0, 0.1) is 13.8 Å². The van der Waals surface area contributed by atoms with Crippen LogP contribution < -0.4 is 9.64 Å². The second-order valence-corrected chi connectivity index (χ2v) is 8.17. The monoisotopic (exact) mass is 415 g/mol. The number of hydrogen-bond donors (Lipinski definition) is 0. The van der Waals surface area contributed by atoms with E-state index >= 15 is 0 Å². The molecule has 4 nitrogen and oxygen atoms in total. The molecule has 3 aromatic carbocycles. The molecule has 1 aliphatic heterocycles. The van der Waals surface area contributed by atoms with Crippen molar-refractivity contribution in [3.63, 3.8) is 0 Å². The molecule has 0 spiro atoms. The number of carbonyl (C=O) groups is 2. The fourth-order valence-corrected chi connectivity index (χ4v) is 4.51. The Hall–Kier alpha value is -3.31. The first-order valence-electron chi connectivity index (χ1n) is 9.57. The molecule has 0 bridgehead atoms. The van der Waals surface area contributed by atoms with Crippen LogP contribution in [0.25, 0.3) is 5.57 Å². The predicted molar refractivity (Wildman–Crippen MR) is 121 cm³/mol. The van der Waals surface area contributed by atoms with Crippen LogP contribution in [0.3, 0.4) is 0 Å². The van der Waals surface area contributed by atoms with E-state index in [2.05, 4.69) is 0 Å². The van der Waals surface area contributed by atoms with Gasteiger partial charge in [0.2, 0.25) is 0 Å². The largest absolute Gasteiger partial charge is 0.497 e. The summed E-state index contributed by atoms with van der Waals surface area (Å²) in [6.45, 7) is 3.90. The summed E-state index contributed by atoms with van der Waals surface area (Å²) in [6.07, 6.45) is 0. The Labute approximate surface area is 180 Å². The Kier molecular flexibility index (Phi) is 5.46. The van der Waals surface area contributed by atoms with Crippen LogP contribution in [0.4, 0.5) is 5.69 Å². The third-order valence-corrected chi connectivity index (χ3v) is 6.07. The lowest BCUT2D eigenvalue weighted by molar-refractivity contribution is -0.119. The van der Waals surface area contributed by atoms with Crippen LogP contribution >= 0.6 is 11.8 Å².